The van der Waals surface area contributed by atoms with Gasteiger partial charge in [0, 0.05) is 12.8 Å². The lowest BCUT2D eigenvalue weighted by Gasteiger charge is -2.34. The summed E-state index contributed by atoms with van der Waals surface area (Å²) >= 11 is 0. The van der Waals surface area contributed by atoms with Crippen molar-refractivity contribution in [2.24, 2.45) is 0 Å². The van der Waals surface area contributed by atoms with Gasteiger partial charge in [-0.25, -0.2) is 9.59 Å². The van der Waals surface area contributed by atoms with Gasteiger partial charge in [0.15, 0.2) is 0 Å². The average Bonchev–Trinajstić information content (AvgIpc) is 2.69. The quantitative estimate of drug-likeness (QED) is 0.398. The Balaban J connectivity index is 2.13. The van der Waals surface area contributed by atoms with E-state index in [9.17, 15) is 9.59 Å². The first kappa shape index (κ1) is 21.4. The molecule has 28 heavy (non-hydrogen) atoms. The Kier molecular flexibility index (Phi) is 8.00. The van der Waals surface area contributed by atoms with Crippen LogP contribution in [-0.4, -0.2) is 23.6 Å². The van der Waals surface area contributed by atoms with Crippen molar-refractivity contribution >= 4 is 11.9 Å². The largest absolute Gasteiger partial charge is 0.459 e. The second-order valence-corrected chi connectivity index (χ2v) is 6.97. The highest BCUT2D eigenvalue weighted by Gasteiger charge is 2.35. The predicted molar refractivity (Wildman–Crippen MR) is 110 cm³/mol. The minimum Gasteiger partial charge on any atom is -0.459 e. The molecule has 0 aromatic heterocycles. The van der Waals surface area contributed by atoms with Crippen LogP contribution in [0.4, 0.5) is 0 Å². The molecule has 2 aromatic carbocycles. The standard InChI is InChI=1S/C24H28O4/c1-4-16-24(17-5-2,28-23(26)21-14-10-7-11-15-21)18-19(3)27-22(25)20-12-8-6-9-13-20/h4,6-15,19H,1,5,16-18H2,2-3H3. The second kappa shape index (κ2) is 10.5. The summed E-state index contributed by atoms with van der Waals surface area (Å²) < 4.78 is 11.6. The van der Waals surface area contributed by atoms with E-state index in [4.69, 9.17) is 9.47 Å². The van der Waals surface area contributed by atoms with Gasteiger partial charge in [-0.3, -0.25) is 0 Å². The molecule has 2 rings (SSSR count). The number of ether oxygens (including phenoxy) is 2. The van der Waals surface area contributed by atoms with Gasteiger partial charge in [0.1, 0.15) is 11.7 Å². The van der Waals surface area contributed by atoms with Crippen LogP contribution < -0.4 is 0 Å². The van der Waals surface area contributed by atoms with Crippen molar-refractivity contribution < 1.29 is 19.1 Å². The monoisotopic (exact) mass is 380 g/mol. The first-order valence-corrected chi connectivity index (χ1v) is 9.65. The lowest BCUT2D eigenvalue weighted by atomic mass is 9.87. The molecular formula is C24H28O4. The molecule has 0 aliphatic carbocycles. The summed E-state index contributed by atoms with van der Waals surface area (Å²) in [6.07, 6.45) is 3.72. The Morgan fingerprint density at radius 1 is 1.00 bits per heavy atom. The molecule has 2 atom stereocenters. The highest BCUT2D eigenvalue weighted by Crippen LogP contribution is 2.31. The van der Waals surface area contributed by atoms with E-state index in [0.29, 0.717) is 30.4 Å². The fourth-order valence-electron chi connectivity index (χ4n) is 3.36. The van der Waals surface area contributed by atoms with Gasteiger partial charge in [-0.05, 0) is 37.6 Å². The Morgan fingerprint density at radius 2 is 1.54 bits per heavy atom. The minimum absolute atomic E-state index is 0.377. The number of carbonyl (C=O) groups is 2. The Morgan fingerprint density at radius 3 is 2.04 bits per heavy atom. The van der Waals surface area contributed by atoms with Crippen LogP contribution in [0, 0.1) is 0 Å². The molecule has 0 saturated carbocycles. The summed E-state index contributed by atoms with van der Waals surface area (Å²) in [6, 6.07) is 17.8. The number of hydrogen-bond donors (Lipinski definition) is 0. The summed E-state index contributed by atoms with van der Waals surface area (Å²) in [4.78, 5) is 25.0. The van der Waals surface area contributed by atoms with Gasteiger partial charge in [0.25, 0.3) is 0 Å². The second-order valence-electron chi connectivity index (χ2n) is 6.97. The molecule has 0 heterocycles. The molecule has 0 aliphatic rings. The molecular weight excluding hydrogens is 352 g/mol. The van der Waals surface area contributed by atoms with Crippen molar-refractivity contribution in [1.82, 2.24) is 0 Å². The number of hydrogen-bond acceptors (Lipinski definition) is 4. The molecule has 0 N–H and O–H groups in total. The first-order chi connectivity index (χ1) is 13.5. The van der Waals surface area contributed by atoms with Crippen molar-refractivity contribution in [2.75, 3.05) is 0 Å². The number of esters is 2. The van der Waals surface area contributed by atoms with Gasteiger partial charge < -0.3 is 9.47 Å². The summed E-state index contributed by atoms with van der Waals surface area (Å²) in [7, 11) is 0. The van der Waals surface area contributed by atoms with Crippen molar-refractivity contribution in [3.8, 4) is 0 Å². The van der Waals surface area contributed by atoms with Gasteiger partial charge in [0.2, 0.25) is 0 Å². The molecule has 0 bridgehead atoms. The fourth-order valence-corrected chi connectivity index (χ4v) is 3.36. The Labute approximate surface area is 167 Å². The average molecular weight is 380 g/mol. The normalized spacial score (nSPS) is 13.8. The van der Waals surface area contributed by atoms with Crippen LogP contribution in [0.15, 0.2) is 73.3 Å². The summed E-state index contributed by atoms with van der Waals surface area (Å²) in [5, 5.41) is 0. The van der Waals surface area contributed by atoms with Gasteiger partial charge in [-0.2, -0.15) is 0 Å². The molecule has 0 amide bonds. The van der Waals surface area contributed by atoms with E-state index in [1.807, 2.05) is 26.0 Å². The molecule has 148 valence electrons. The highest BCUT2D eigenvalue weighted by atomic mass is 16.6. The lowest BCUT2D eigenvalue weighted by molar-refractivity contribution is -0.0490. The van der Waals surface area contributed by atoms with E-state index in [1.54, 1.807) is 54.6 Å². The zero-order valence-corrected chi connectivity index (χ0v) is 16.6. The molecule has 0 saturated heterocycles. The van der Waals surface area contributed by atoms with E-state index >= 15 is 0 Å². The Bertz CT molecular complexity index is 770. The van der Waals surface area contributed by atoms with Gasteiger partial charge >= 0.3 is 11.9 Å². The zero-order valence-electron chi connectivity index (χ0n) is 16.6. The third kappa shape index (κ3) is 6.08. The first-order valence-electron chi connectivity index (χ1n) is 9.65. The van der Waals surface area contributed by atoms with Crippen LogP contribution >= 0.6 is 0 Å². The topological polar surface area (TPSA) is 52.6 Å². The molecule has 2 aromatic rings. The fraction of sp³-hybridized carbons (Fsp3) is 0.333. The van der Waals surface area contributed by atoms with Crippen molar-refractivity contribution in [3.63, 3.8) is 0 Å². The van der Waals surface area contributed by atoms with Crippen LogP contribution in [0.3, 0.4) is 0 Å². The maximum absolute atomic E-state index is 12.7. The number of carbonyl (C=O) groups excluding carboxylic acids is 2. The molecule has 0 radical (unpaired) electrons. The summed E-state index contributed by atoms with van der Waals surface area (Å²) in [5.41, 5.74) is 0.237. The molecule has 0 aliphatic heterocycles. The number of benzene rings is 2. The van der Waals surface area contributed by atoms with E-state index in [2.05, 4.69) is 6.58 Å². The van der Waals surface area contributed by atoms with Crippen molar-refractivity contribution in [2.45, 2.75) is 51.2 Å². The maximum atomic E-state index is 12.7. The van der Waals surface area contributed by atoms with Gasteiger partial charge in [0.05, 0.1) is 11.1 Å². The van der Waals surface area contributed by atoms with Crippen LogP contribution in [0.5, 0.6) is 0 Å². The summed E-state index contributed by atoms with van der Waals surface area (Å²) in [6.45, 7) is 7.69. The van der Waals surface area contributed by atoms with E-state index < -0.39 is 11.7 Å². The third-order valence-electron chi connectivity index (χ3n) is 4.52. The van der Waals surface area contributed by atoms with E-state index in [1.165, 1.54) is 0 Å². The van der Waals surface area contributed by atoms with Crippen LogP contribution in [0.1, 0.15) is 60.2 Å². The van der Waals surface area contributed by atoms with Crippen molar-refractivity contribution in [3.05, 3.63) is 84.4 Å². The number of rotatable bonds is 10. The smallest absolute Gasteiger partial charge is 0.338 e. The highest BCUT2D eigenvalue weighted by molar-refractivity contribution is 5.90. The van der Waals surface area contributed by atoms with Crippen molar-refractivity contribution in [1.29, 1.82) is 0 Å². The van der Waals surface area contributed by atoms with E-state index in [-0.39, 0.29) is 11.9 Å². The SMILES string of the molecule is C=CCC(CCC)(CC(C)OC(=O)c1ccccc1)OC(=O)c1ccccc1. The molecule has 0 spiro atoms. The third-order valence-corrected chi connectivity index (χ3v) is 4.52. The van der Waals surface area contributed by atoms with Crippen LogP contribution in [-0.2, 0) is 9.47 Å². The maximum Gasteiger partial charge on any atom is 0.338 e. The van der Waals surface area contributed by atoms with E-state index in [0.717, 1.165) is 6.42 Å². The Hall–Kier alpha value is -2.88. The zero-order chi connectivity index (χ0) is 20.4. The van der Waals surface area contributed by atoms with Gasteiger partial charge in [-0.1, -0.05) is 55.8 Å². The molecule has 0 fully saturated rings. The summed E-state index contributed by atoms with van der Waals surface area (Å²) in [5.74, 6) is -0.760. The molecule has 2 unspecified atom stereocenters. The van der Waals surface area contributed by atoms with Gasteiger partial charge in [-0.15, -0.1) is 6.58 Å². The lowest BCUT2D eigenvalue weighted by Crippen LogP contribution is -2.39. The van der Waals surface area contributed by atoms with Crippen LogP contribution in [0.2, 0.25) is 0 Å². The minimum atomic E-state index is -0.764. The molecule has 4 nitrogen and oxygen atoms in total. The van der Waals surface area contributed by atoms with Crippen LogP contribution in [0.25, 0.3) is 0 Å². The predicted octanol–water partition coefficient (Wildman–Crippen LogP) is 5.59. The molecule has 4 heteroatoms.